The van der Waals surface area contributed by atoms with Gasteiger partial charge in [-0.05, 0) is 43.7 Å². The second kappa shape index (κ2) is 8.91. The minimum absolute atomic E-state index is 0.232. The maximum absolute atomic E-state index is 12.9. The number of nitrogens with zero attached hydrogens (tertiary/aromatic N) is 2. The second-order valence-electron chi connectivity index (χ2n) is 6.52. The summed E-state index contributed by atoms with van der Waals surface area (Å²) in [5.41, 5.74) is 0.912. The first-order valence-corrected chi connectivity index (χ1v) is 8.91. The highest BCUT2D eigenvalue weighted by atomic mass is 19.1. The molecule has 6 nitrogen and oxygen atoms in total. The quantitative estimate of drug-likeness (QED) is 0.696. The molecule has 1 fully saturated rings. The minimum atomic E-state index is -0.321. The number of rotatable bonds is 9. The predicted molar refractivity (Wildman–Crippen MR) is 95.3 cm³/mol. The number of hydrogen-bond acceptors (Lipinski definition) is 5. The standard InChI is InChI=1S/C19H24FN3O3/c1-25-16-12-23(13-16)10-4-2-3-9-21-19(24)17-11-18(26-22-17)14-5-7-15(20)8-6-14/h5-8,11,16H,2-4,9-10,12-13H2,1H3,(H,21,24). The summed E-state index contributed by atoms with van der Waals surface area (Å²) < 4.78 is 23.4. The van der Waals surface area contributed by atoms with Crippen LogP contribution in [-0.4, -0.2) is 55.4 Å². The molecule has 1 aromatic carbocycles. The van der Waals surface area contributed by atoms with E-state index in [9.17, 15) is 9.18 Å². The summed E-state index contributed by atoms with van der Waals surface area (Å²) in [5.74, 6) is -0.134. The van der Waals surface area contributed by atoms with Crippen molar-refractivity contribution in [3.63, 3.8) is 0 Å². The van der Waals surface area contributed by atoms with Crippen LogP contribution in [0.15, 0.2) is 34.9 Å². The van der Waals surface area contributed by atoms with Crippen LogP contribution in [0.1, 0.15) is 29.8 Å². The molecule has 1 N–H and O–H groups in total. The molecular formula is C19H24FN3O3. The number of unbranched alkanes of at least 4 members (excludes halogenated alkanes) is 2. The zero-order chi connectivity index (χ0) is 18.4. The number of benzene rings is 1. The van der Waals surface area contributed by atoms with Gasteiger partial charge in [0, 0.05) is 38.4 Å². The van der Waals surface area contributed by atoms with Crippen molar-refractivity contribution in [1.82, 2.24) is 15.4 Å². The maximum Gasteiger partial charge on any atom is 0.273 e. The Balaban J connectivity index is 1.33. The lowest BCUT2D eigenvalue weighted by Gasteiger charge is -2.38. The Bertz CT molecular complexity index is 711. The highest BCUT2D eigenvalue weighted by Crippen LogP contribution is 2.20. The van der Waals surface area contributed by atoms with Crippen molar-refractivity contribution in [2.24, 2.45) is 0 Å². The second-order valence-corrected chi connectivity index (χ2v) is 6.52. The zero-order valence-corrected chi connectivity index (χ0v) is 14.9. The van der Waals surface area contributed by atoms with Crippen molar-refractivity contribution >= 4 is 5.91 Å². The van der Waals surface area contributed by atoms with E-state index in [1.165, 1.54) is 12.1 Å². The van der Waals surface area contributed by atoms with E-state index in [-0.39, 0.29) is 17.4 Å². The number of halogens is 1. The zero-order valence-electron chi connectivity index (χ0n) is 14.9. The number of carbonyl (C=O) groups is 1. The topological polar surface area (TPSA) is 67.6 Å². The minimum Gasteiger partial charge on any atom is -0.379 e. The summed E-state index contributed by atoms with van der Waals surface area (Å²) in [4.78, 5) is 14.5. The summed E-state index contributed by atoms with van der Waals surface area (Å²) in [6, 6.07) is 7.42. The predicted octanol–water partition coefficient (Wildman–Crippen LogP) is 2.71. The molecule has 1 amide bonds. The van der Waals surface area contributed by atoms with Crippen LogP contribution in [0.4, 0.5) is 4.39 Å². The van der Waals surface area contributed by atoms with E-state index in [4.69, 9.17) is 9.26 Å². The third-order valence-corrected chi connectivity index (χ3v) is 4.57. The van der Waals surface area contributed by atoms with Gasteiger partial charge in [-0.2, -0.15) is 0 Å². The van der Waals surface area contributed by atoms with Crippen LogP contribution in [-0.2, 0) is 4.74 Å². The van der Waals surface area contributed by atoms with Crippen molar-refractivity contribution in [2.75, 3.05) is 33.3 Å². The van der Waals surface area contributed by atoms with E-state index in [0.717, 1.165) is 38.9 Å². The third kappa shape index (κ3) is 4.89. The normalized spacial score (nSPS) is 15.0. The van der Waals surface area contributed by atoms with Crippen molar-refractivity contribution in [3.8, 4) is 11.3 Å². The van der Waals surface area contributed by atoms with Crippen LogP contribution in [0.5, 0.6) is 0 Å². The molecule has 1 aromatic heterocycles. The average Bonchev–Trinajstić information content (AvgIpc) is 3.10. The highest BCUT2D eigenvalue weighted by molar-refractivity contribution is 5.93. The first-order chi connectivity index (χ1) is 12.7. The SMILES string of the molecule is COC1CN(CCCCCNC(=O)c2cc(-c3ccc(F)cc3)on2)C1. The summed E-state index contributed by atoms with van der Waals surface area (Å²) in [7, 11) is 1.75. The van der Waals surface area contributed by atoms with Crippen molar-refractivity contribution < 1.29 is 18.4 Å². The Morgan fingerprint density at radius 2 is 2.08 bits per heavy atom. The maximum atomic E-state index is 12.9. The number of nitrogens with one attached hydrogen (secondary N) is 1. The van der Waals surface area contributed by atoms with Gasteiger partial charge in [0.25, 0.3) is 5.91 Å². The van der Waals surface area contributed by atoms with Crippen LogP contribution >= 0.6 is 0 Å². The number of methoxy groups -OCH3 is 1. The van der Waals surface area contributed by atoms with Gasteiger partial charge in [-0.15, -0.1) is 0 Å². The molecule has 0 spiro atoms. The van der Waals surface area contributed by atoms with Crippen molar-refractivity contribution in [1.29, 1.82) is 0 Å². The summed E-state index contributed by atoms with van der Waals surface area (Å²) >= 11 is 0. The fraction of sp³-hybridized carbons (Fsp3) is 0.474. The smallest absolute Gasteiger partial charge is 0.273 e. The Kier molecular flexibility index (Phi) is 6.35. The molecule has 0 aliphatic carbocycles. The van der Waals surface area contributed by atoms with E-state index in [1.54, 1.807) is 25.3 Å². The van der Waals surface area contributed by atoms with Crippen LogP contribution < -0.4 is 5.32 Å². The van der Waals surface area contributed by atoms with Crippen LogP contribution in [0.2, 0.25) is 0 Å². The molecule has 0 atom stereocenters. The summed E-state index contributed by atoms with van der Waals surface area (Å²) in [5, 5.41) is 6.64. The molecule has 1 aliphatic heterocycles. The molecule has 140 valence electrons. The van der Waals surface area contributed by atoms with Crippen LogP contribution in [0.3, 0.4) is 0 Å². The fourth-order valence-corrected chi connectivity index (χ4v) is 2.92. The third-order valence-electron chi connectivity index (χ3n) is 4.57. The molecule has 0 unspecified atom stereocenters. The highest BCUT2D eigenvalue weighted by Gasteiger charge is 2.25. The molecule has 0 radical (unpaired) electrons. The van der Waals surface area contributed by atoms with Gasteiger partial charge in [-0.3, -0.25) is 9.69 Å². The van der Waals surface area contributed by atoms with Gasteiger partial charge in [-0.25, -0.2) is 4.39 Å². The summed E-state index contributed by atoms with van der Waals surface area (Å²) in [6.45, 7) is 3.74. The van der Waals surface area contributed by atoms with Gasteiger partial charge < -0.3 is 14.6 Å². The number of aromatic nitrogens is 1. The van der Waals surface area contributed by atoms with Crippen molar-refractivity contribution in [3.05, 3.63) is 41.8 Å². The lowest BCUT2D eigenvalue weighted by Crippen LogP contribution is -2.51. The Morgan fingerprint density at radius 1 is 1.31 bits per heavy atom. The Hall–Kier alpha value is -2.25. The fourth-order valence-electron chi connectivity index (χ4n) is 2.92. The lowest BCUT2D eigenvalue weighted by atomic mass is 10.1. The largest absolute Gasteiger partial charge is 0.379 e. The van der Waals surface area contributed by atoms with E-state index >= 15 is 0 Å². The Morgan fingerprint density at radius 3 is 2.81 bits per heavy atom. The molecule has 0 saturated carbocycles. The monoisotopic (exact) mass is 361 g/mol. The van der Waals surface area contributed by atoms with E-state index in [0.29, 0.717) is 24.0 Å². The van der Waals surface area contributed by atoms with E-state index in [2.05, 4.69) is 15.4 Å². The van der Waals surface area contributed by atoms with Gasteiger partial charge in [0.15, 0.2) is 11.5 Å². The van der Waals surface area contributed by atoms with E-state index in [1.807, 2.05) is 0 Å². The molecule has 1 saturated heterocycles. The number of ether oxygens (including phenoxy) is 1. The molecule has 7 heteroatoms. The van der Waals surface area contributed by atoms with Crippen LogP contribution in [0, 0.1) is 5.82 Å². The molecule has 2 heterocycles. The van der Waals surface area contributed by atoms with Gasteiger partial charge in [0.05, 0.1) is 6.10 Å². The van der Waals surface area contributed by atoms with Gasteiger partial charge >= 0.3 is 0 Å². The van der Waals surface area contributed by atoms with E-state index < -0.39 is 0 Å². The van der Waals surface area contributed by atoms with Gasteiger partial charge in [-0.1, -0.05) is 11.6 Å². The number of carbonyl (C=O) groups excluding carboxylic acids is 1. The first-order valence-electron chi connectivity index (χ1n) is 8.91. The summed E-state index contributed by atoms with van der Waals surface area (Å²) in [6.07, 6.45) is 3.51. The van der Waals surface area contributed by atoms with Crippen molar-refractivity contribution in [2.45, 2.75) is 25.4 Å². The molecule has 26 heavy (non-hydrogen) atoms. The van der Waals surface area contributed by atoms with Crippen LogP contribution in [0.25, 0.3) is 11.3 Å². The molecule has 3 rings (SSSR count). The van der Waals surface area contributed by atoms with Gasteiger partial charge in [0.2, 0.25) is 0 Å². The van der Waals surface area contributed by atoms with Gasteiger partial charge in [0.1, 0.15) is 5.82 Å². The number of hydrogen-bond donors (Lipinski definition) is 1. The average molecular weight is 361 g/mol. The molecular weight excluding hydrogens is 337 g/mol. The molecule has 2 aromatic rings. The molecule has 0 bridgehead atoms. The number of likely N-dealkylation sites (tertiary alicyclic amines) is 1. The molecule has 1 aliphatic rings. The number of amides is 1. The Labute approximate surface area is 152 Å². The lowest BCUT2D eigenvalue weighted by molar-refractivity contribution is -0.0296. The first kappa shape index (κ1) is 18.5.